The molecular formula is C14H10F3N3O. The van der Waals surface area contributed by atoms with E-state index in [0.717, 1.165) is 12.1 Å². The van der Waals surface area contributed by atoms with Gasteiger partial charge in [0.15, 0.2) is 12.4 Å². The zero-order chi connectivity index (χ0) is 15.2. The predicted octanol–water partition coefficient (Wildman–Crippen LogP) is 2.89. The average molecular weight is 293 g/mol. The highest BCUT2D eigenvalue weighted by Gasteiger charge is 2.31. The molecule has 0 N–H and O–H groups in total. The molecule has 4 nitrogen and oxygen atoms in total. The third-order valence-electron chi connectivity index (χ3n) is 3.27. The van der Waals surface area contributed by atoms with E-state index in [2.05, 4.69) is 4.98 Å². The number of imidazole rings is 1. The SMILES string of the molecule is Cn1c(-c2cc[n+]([O-])cc2)nc2cc(C(F)(F)F)ccc21. The minimum atomic E-state index is -4.40. The van der Waals surface area contributed by atoms with Gasteiger partial charge in [0, 0.05) is 24.7 Å². The number of hydrogen-bond donors (Lipinski definition) is 0. The number of nitrogens with zero attached hydrogens (tertiary/aromatic N) is 3. The van der Waals surface area contributed by atoms with Crippen molar-refractivity contribution >= 4 is 11.0 Å². The van der Waals surface area contributed by atoms with E-state index in [-0.39, 0.29) is 5.52 Å². The van der Waals surface area contributed by atoms with Gasteiger partial charge < -0.3 is 9.77 Å². The summed E-state index contributed by atoms with van der Waals surface area (Å²) >= 11 is 0. The quantitative estimate of drug-likeness (QED) is 0.511. The molecule has 0 spiro atoms. The fourth-order valence-electron chi connectivity index (χ4n) is 2.20. The first kappa shape index (κ1) is 13.4. The molecule has 0 aliphatic rings. The van der Waals surface area contributed by atoms with Gasteiger partial charge in [-0.25, -0.2) is 4.98 Å². The van der Waals surface area contributed by atoms with Gasteiger partial charge in [-0.2, -0.15) is 17.9 Å². The molecule has 0 fully saturated rings. The van der Waals surface area contributed by atoms with Crippen molar-refractivity contribution < 1.29 is 17.9 Å². The first-order valence-corrected chi connectivity index (χ1v) is 6.09. The molecule has 2 heterocycles. The molecule has 0 amide bonds. The molecule has 0 bridgehead atoms. The van der Waals surface area contributed by atoms with E-state index in [4.69, 9.17) is 0 Å². The Morgan fingerprint density at radius 3 is 2.43 bits per heavy atom. The second kappa shape index (κ2) is 4.47. The number of halogens is 3. The van der Waals surface area contributed by atoms with E-state index >= 15 is 0 Å². The van der Waals surface area contributed by atoms with Crippen molar-refractivity contribution in [1.29, 1.82) is 0 Å². The Morgan fingerprint density at radius 1 is 1.14 bits per heavy atom. The van der Waals surface area contributed by atoms with Crippen LogP contribution in [0.4, 0.5) is 13.2 Å². The fraction of sp³-hybridized carbons (Fsp3) is 0.143. The van der Waals surface area contributed by atoms with Crippen LogP contribution in [-0.2, 0) is 13.2 Å². The van der Waals surface area contributed by atoms with Gasteiger partial charge in [-0.3, -0.25) is 0 Å². The zero-order valence-electron chi connectivity index (χ0n) is 10.9. The molecule has 21 heavy (non-hydrogen) atoms. The van der Waals surface area contributed by atoms with E-state index in [1.807, 2.05) is 0 Å². The Balaban J connectivity index is 2.17. The third kappa shape index (κ3) is 2.31. The first-order chi connectivity index (χ1) is 9.86. The average Bonchev–Trinajstić information content (AvgIpc) is 2.76. The van der Waals surface area contributed by atoms with Crippen molar-refractivity contribution in [3.63, 3.8) is 0 Å². The van der Waals surface area contributed by atoms with E-state index in [9.17, 15) is 18.4 Å². The number of benzene rings is 1. The minimum Gasteiger partial charge on any atom is -0.619 e. The Bertz CT molecular complexity index is 807. The zero-order valence-corrected chi connectivity index (χ0v) is 10.9. The van der Waals surface area contributed by atoms with E-state index in [1.54, 1.807) is 23.7 Å². The number of fused-ring (bicyclic) bond motifs is 1. The topological polar surface area (TPSA) is 44.8 Å². The number of alkyl halides is 3. The largest absolute Gasteiger partial charge is 0.619 e. The van der Waals surface area contributed by atoms with Crippen LogP contribution < -0.4 is 4.73 Å². The number of aryl methyl sites for hydroxylation is 1. The summed E-state index contributed by atoms with van der Waals surface area (Å²) in [6.07, 6.45) is -1.77. The van der Waals surface area contributed by atoms with Crippen molar-refractivity contribution in [2.75, 3.05) is 0 Å². The van der Waals surface area contributed by atoms with Gasteiger partial charge in [0.2, 0.25) is 0 Å². The van der Waals surface area contributed by atoms with Crippen LogP contribution in [-0.4, -0.2) is 9.55 Å². The van der Waals surface area contributed by atoms with Gasteiger partial charge in [0.25, 0.3) is 0 Å². The van der Waals surface area contributed by atoms with E-state index in [0.29, 0.717) is 21.6 Å². The molecule has 0 saturated carbocycles. The lowest BCUT2D eigenvalue weighted by Gasteiger charge is -2.05. The lowest BCUT2D eigenvalue weighted by molar-refractivity contribution is -0.605. The van der Waals surface area contributed by atoms with E-state index in [1.165, 1.54) is 18.5 Å². The number of rotatable bonds is 1. The standard InChI is InChI=1S/C14H10F3N3O/c1-19-12-3-2-10(14(15,16)17)8-11(12)18-13(19)9-4-6-20(21)7-5-9/h2-8H,1H3. The summed E-state index contributed by atoms with van der Waals surface area (Å²) in [5, 5.41) is 11.0. The molecule has 1 aromatic carbocycles. The molecule has 0 unspecified atom stereocenters. The summed E-state index contributed by atoms with van der Waals surface area (Å²) < 4.78 is 40.5. The summed E-state index contributed by atoms with van der Waals surface area (Å²) in [6.45, 7) is 0. The molecule has 0 saturated heterocycles. The highest BCUT2D eigenvalue weighted by molar-refractivity contribution is 5.81. The number of aromatic nitrogens is 3. The second-order valence-corrected chi connectivity index (χ2v) is 4.64. The Labute approximate surface area is 117 Å². The maximum atomic E-state index is 12.7. The fourth-order valence-corrected chi connectivity index (χ4v) is 2.20. The molecule has 7 heteroatoms. The van der Waals surface area contributed by atoms with Crippen LogP contribution in [0.2, 0.25) is 0 Å². The van der Waals surface area contributed by atoms with Crippen LogP contribution >= 0.6 is 0 Å². The van der Waals surface area contributed by atoms with Gasteiger partial charge in [-0.15, -0.1) is 0 Å². The van der Waals surface area contributed by atoms with Gasteiger partial charge in [-0.1, -0.05) is 0 Å². The summed E-state index contributed by atoms with van der Waals surface area (Å²) in [5.41, 5.74) is 0.789. The molecule has 0 aliphatic heterocycles. The Kier molecular flexibility index (Phi) is 2.86. The Hall–Kier alpha value is -2.57. The maximum absolute atomic E-state index is 12.7. The summed E-state index contributed by atoms with van der Waals surface area (Å²) in [7, 11) is 1.72. The molecule has 2 aromatic heterocycles. The van der Waals surface area contributed by atoms with Crippen LogP contribution in [0.15, 0.2) is 42.7 Å². The van der Waals surface area contributed by atoms with Crippen molar-refractivity contribution in [1.82, 2.24) is 9.55 Å². The third-order valence-corrected chi connectivity index (χ3v) is 3.27. The van der Waals surface area contributed by atoms with Crippen LogP contribution in [0.25, 0.3) is 22.4 Å². The van der Waals surface area contributed by atoms with Gasteiger partial charge >= 0.3 is 6.18 Å². The van der Waals surface area contributed by atoms with Crippen LogP contribution in [0.5, 0.6) is 0 Å². The van der Waals surface area contributed by atoms with Crippen molar-refractivity contribution in [3.05, 3.63) is 53.5 Å². The highest BCUT2D eigenvalue weighted by atomic mass is 19.4. The molecule has 0 atom stereocenters. The lowest BCUT2D eigenvalue weighted by Crippen LogP contribution is -2.23. The molecular weight excluding hydrogens is 283 g/mol. The molecule has 3 rings (SSSR count). The molecule has 3 aromatic rings. The van der Waals surface area contributed by atoms with Crippen LogP contribution in [0.3, 0.4) is 0 Å². The van der Waals surface area contributed by atoms with Gasteiger partial charge in [0.1, 0.15) is 5.82 Å². The molecule has 108 valence electrons. The summed E-state index contributed by atoms with van der Waals surface area (Å²) in [6, 6.07) is 6.59. The van der Waals surface area contributed by atoms with Crippen LogP contribution in [0, 0.1) is 5.21 Å². The summed E-state index contributed by atoms with van der Waals surface area (Å²) in [5.74, 6) is 0.505. The van der Waals surface area contributed by atoms with Crippen LogP contribution in [0.1, 0.15) is 5.56 Å². The predicted molar refractivity (Wildman–Crippen MR) is 70.1 cm³/mol. The van der Waals surface area contributed by atoms with Gasteiger partial charge in [0.05, 0.1) is 16.6 Å². The maximum Gasteiger partial charge on any atom is 0.416 e. The van der Waals surface area contributed by atoms with E-state index < -0.39 is 11.7 Å². The van der Waals surface area contributed by atoms with Gasteiger partial charge in [-0.05, 0) is 18.2 Å². The first-order valence-electron chi connectivity index (χ1n) is 6.09. The van der Waals surface area contributed by atoms with Crippen molar-refractivity contribution in [3.8, 4) is 11.4 Å². The smallest absolute Gasteiger partial charge is 0.416 e. The number of hydrogen-bond acceptors (Lipinski definition) is 2. The molecule has 0 radical (unpaired) electrons. The highest BCUT2D eigenvalue weighted by Crippen LogP contribution is 2.32. The second-order valence-electron chi connectivity index (χ2n) is 4.64. The normalized spacial score (nSPS) is 12.0. The van der Waals surface area contributed by atoms with Crippen molar-refractivity contribution in [2.45, 2.75) is 6.18 Å². The number of pyridine rings is 1. The minimum absolute atomic E-state index is 0.265. The molecule has 0 aliphatic carbocycles. The lowest BCUT2D eigenvalue weighted by atomic mass is 10.2. The monoisotopic (exact) mass is 293 g/mol. The summed E-state index contributed by atoms with van der Waals surface area (Å²) in [4.78, 5) is 4.24. The Morgan fingerprint density at radius 2 is 1.81 bits per heavy atom. The van der Waals surface area contributed by atoms with Crippen molar-refractivity contribution in [2.24, 2.45) is 7.05 Å².